The normalized spacial score (nSPS) is 27.5. The van der Waals surface area contributed by atoms with E-state index in [4.69, 9.17) is 5.26 Å². The Morgan fingerprint density at radius 2 is 1.79 bits per heavy atom. The maximum atomic E-state index is 8.82. The Balaban J connectivity index is 2.15. The van der Waals surface area contributed by atoms with Gasteiger partial charge in [-0.1, -0.05) is 43.2 Å². The minimum atomic E-state index is -0.00819. The largest absolute Gasteiger partial charge is 0.252 e. The monoisotopic (exact) mass is 192 g/mol. The molecule has 2 atom stereocenters. The number of rotatable bonds is 2. The summed E-state index contributed by atoms with van der Waals surface area (Å²) < 4.78 is 0. The molecule has 1 aliphatic rings. The molecule has 2 heteroatoms. The van der Waals surface area contributed by atoms with E-state index in [0.717, 1.165) is 19.3 Å². The van der Waals surface area contributed by atoms with E-state index >= 15 is 0 Å². The van der Waals surface area contributed by atoms with E-state index in [1.807, 2.05) is 18.2 Å². The summed E-state index contributed by atoms with van der Waals surface area (Å²) in [6.45, 7) is 0. The van der Waals surface area contributed by atoms with E-state index in [2.05, 4.69) is 17.0 Å². The number of hydrogen-bond donors (Lipinski definition) is 1. The first-order chi connectivity index (χ1) is 6.92. The van der Waals surface area contributed by atoms with Gasteiger partial charge in [0.15, 0.2) is 0 Å². The van der Waals surface area contributed by atoms with E-state index in [1.54, 1.807) is 0 Å². The van der Waals surface area contributed by atoms with Crippen molar-refractivity contribution in [1.29, 1.82) is 0 Å². The molecule has 1 aromatic carbocycles. The summed E-state index contributed by atoms with van der Waals surface area (Å²) in [4.78, 5) is 4.56. The second kappa shape index (κ2) is 4.58. The van der Waals surface area contributed by atoms with Crippen LogP contribution in [0.2, 0.25) is 0 Å². The molecule has 0 heterocycles. The van der Waals surface area contributed by atoms with Gasteiger partial charge in [0.25, 0.3) is 0 Å². The first kappa shape index (κ1) is 9.69. The summed E-state index contributed by atoms with van der Waals surface area (Å²) in [7, 11) is 0. The first-order valence-electron chi connectivity index (χ1n) is 5.27. The molecule has 1 N–H and O–H groups in total. The highest BCUT2D eigenvalue weighted by molar-refractivity contribution is 5.21. The number of hydrogen-bond acceptors (Lipinski definition) is 2. The Hall–Kier alpha value is -0.860. The van der Waals surface area contributed by atoms with Crippen molar-refractivity contribution in [3.05, 3.63) is 35.9 Å². The topological polar surface area (TPSA) is 29.5 Å². The molecule has 0 amide bonds. The van der Waals surface area contributed by atoms with Gasteiger partial charge in [0, 0.05) is 5.92 Å². The Bertz CT molecular complexity index is 271. The van der Waals surface area contributed by atoms with Gasteiger partial charge in [0.1, 0.15) is 0 Å². The van der Waals surface area contributed by atoms with E-state index in [9.17, 15) is 0 Å². The van der Waals surface area contributed by atoms with Crippen LogP contribution in [0, 0.1) is 0 Å². The fraction of sp³-hybridized carbons (Fsp3) is 0.500. The summed E-state index contributed by atoms with van der Waals surface area (Å²) in [6.07, 6.45) is 4.48. The zero-order chi connectivity index (χ0) is 9.80. The molecular weight excluding hydrogens is 176 g/mol. The van der Waals surface area contributed by atoms with Gasteiger partial charge in [-0.25, -0.2) is 4.89 Å². The fourth-order valence-corrected chi connectivity index (χ4v) is 2.30. The Morgan fingerprint density at radius 1 is 1.07 bits per heavy atom. The number of benzene rings is 1. The average Bonchev–Trinajstić information content (AvgIpc) is 2.30. The molecule has 2 nitrogen and oxygen atoms in total. The Labute approximate surface area is 84.5 Å². The highest BCUT2D eigenvalue weighted by Gasteiger charge is 2.27. The maximum Gasteiger partial charge on any atom is 0.0995 e. The molecular formula is C12H16O2. The fourth-order valence-electron chi connectivity index (χ4n) is 2.30. The summed E-state index contributed by atoms with van der Waals surface area (Å²) in [5, 5.41) is 8.82. The van der Waals surface area contributed by atoms with Gasteiger partial charge in [0.2, 0.25) is 0 Å². The van der Waals surface area contributed by atoms with Crippen LogP contribution in [0.5, 0.6) is 0 Å². The minimum absolute atomic E-state index is 0.00819. The van der Waals surface area contributed by atoms with Crippen LogP contribution in [0.4, 0.5) is 0 Å². The van der Waals surface area contributed by atoms with Gasteiger partial charge >= 0.3 is 0 Å². The molecule has 76 valence electrons. The van der Waals surface area contributed by atoms with Crippen LogP contribution >= 0.6 is 0 Å². The van der Waals surface area contributed by atoms with Crippen LogP contribution in [-0.2, 0) is 4.89 Å². The lowest BCUT2D eigenvalue weighted by Gasteiger charge is -2.29. The summed E-state index contributed by atoms with van der Waals surface area (Å²) in [5.74, 6) is 0.370. The molecule has 0 aromatic heterocycles. The van der Waals surface area contributed by atoms with Crippen molar-refractivity contribution < 1.29 is 10.1 Å². The van der Waals surface area contributed by atoms with Gasteiger partial charge < -0.3 is 0 Å². The third kappa shape index (κ3) is 1.97. The predicted molar refractivity (Wildman–Crippen MR) is 55.2 cm³/mol. The zero-order valence-electron chi connectivity index (χ0n) is 8.23. The molecule has 1 aromatic rings. The highest BCUT2D eigenvalue weighted by atomic mass is 17.1. The van der Waals surface area contributed by atoms with Gasteiger partial charge in [-0.05, 0) is 18.4 Å². The average molecular weight is 192 g/mol. The highest BCUT2D eigenvalue weighted by Crippen LogP contribution is 2.34. The SMILES string of the molecule is OOC1CCCCC1c1ccccc1. The first-order valence-corrected chi connectivity index (χ1v) is 5.27. The molecule has 1 saturated carbocycles. The maximum absolute atomic E-state index is 8.82. The smallest absolute Gasteiger partial charge is 0.0995 e. The molecule has 0 spiro atoms. The lowest BCUT2D eigenvalue weighted by atomic mass is 9.82. The van der Waals surface area contributed by atoms with Gasteiger partial charge in [-0.15, -0.1) is 0 Å². The molecule has 14 heavy (non-hydrogen) atoms. The van der Waals surface area contributed by atoms with Crippen LogP contribution in [-0.4, -0.2) is 11.4 Å². The molecule has 2 unspecified atom stereocenters. The lowest BCUT2D eigenvalue weighted by Crippen LogP contribution is -2.24. The van der Waals surface area contributed by atoms with Crippen LogP contribution in [0.1, 0.15) is 37.2 Å². The molecule has 0 radical (unpaired) electrons. The van der Waals surface area contributed by atoms with Gasteiger partial charge in [-0.2, -0.15) is 0 Å². The van der Waals surface area contributed by atoms with E-state index < -0.39 is 0 Å². The Kier molecular flexibility index (Phi) is 3.17. The third-order valence-electron chi connectivity index (χ3n) is 3.07. The Morgan fingerprint density at radius 3 is 2.50 bits per heavy atom. The molecule has 0 aliphatic heterocycles. The van der Waals surface area contributed by atoms with E-state index in [0.29, 0.717) is 5.92 Å². The molecule has 0 bridgehead atoms. The van der Waals surface area contributed by atoms with E-state index in [1.165, 1.54) is 12.0 Å². The third-order valence-corrected chi connectivity index (χ3v) is 3.07. The minimum Gasteiger partial charge on any atom is -0.252 e. The van der Waals surface area contributed by atoms with Gasteiger partial charge in [-0.3, -0.25) is 5.26 Å². The summed E-state index contributed by atoms with van der Waals surface area (Å²) in [5.41, 5.74) is 1.28. The van der Waals surface area contributed by atoms with Crippen LogP contribution in [0.25, 0.3) is 0 Å². The molecule has 0 saturated heterocycles. The van der Waals surface area contributed by atoms with Crippen molar-refractivity contribution in [2.24, 2.45) is 0 Å². The summed E-state index contributed by atoms with van der Waals surface area (Å²) in [6, 6.07) is 10.3. The van der Waals surface area contributed by atoms with Crippen molar-refractivity contribution in [3.8, 4) is 0 Å². The van der Waals surface area contributed by atoms with Crippen molar-refractivity contribution in [3.63, 3.8) is 0 Å². The molecule has 1 fully saturated rings. The second-order valence-corrected chi connectivity index (χ2v) is 3.95. The van der Waals surface area contributed by atoms with E-state index in [-0.39, 0.29) is 6.10 Å². The standard InChI is InChI=1S/C12H16O2/c13-14-12-9-5-4-8-11(12)10-6-2-1-3-7-10/h1-3,6-7,11-13H,4-5,8-9H2. The van der Waals surface area contributed by atoms with Crippen molar-refractivity contribution in [2.45, 2.75) is 37.7 Å². The summed E-state index contributed by atoms with van der Waals surface area (Å²) >= 11 is 0. The second-order valence-electron chi connectivity index (χ2n) is 3.95. The van der Waals surface area contributed by atoms with Crippen LogP contribution in [0.3, 0.4) is 0 Å². The quantitative estimate of drug-likeness (QED) is 0.576. The predicted octanol–water partition coefficient (Wildman–Crippen LogP) is 3.20. The van der Waals surface area contributed by atoms with Crippen LogP contribution < -0.4 is 0 Å². The van der Waals surface area contributed by atoms with Crippen molar-refractivity contribution in [1.82, 2.24) is 0 Å². The molecule has 2 rings (SSSR count). The van der Waals surface area contributed by atoms with Crippen molar-refractivity contribution >= 4 is 0 Å². The van der Waals surface area contributed by atoms with Crippen LogP contribution in [0.15, 0.2) is 30.3 Å². The zero-order valence-corrected chi connectivity index (χ0v) is 8.23. The lowest BCUT2D eigenvalue weighted by molar-refractivity contribution is -0.288. The van der Waals surface area contributed by atoms with Crippen molar-refractivity contribution in [2.75, 3.05) is 0 Å². The molecule has 1 aliphatic carbocycles. The van der Waals surface area contributed by atoms with Gasteiger partial charge in [0.05, 0.1) is 6.10 Å².